The zero-order valence-corrected chi connectivity index (χ0v) is 24.9. The Bertz CT molecular complexity index is 1850. The minimum atomic E-state index is -1.19. The molecule has 4 aliphatic heterocycles. The van der Waals surface area contributed by atoms with Gasteiger partial charge in [0.05, 0.1) is 10.9 Å². The fourth-order valence-electron chi connectivity index (χ4n) is 9.28. The second-order valence-corrected chi connectivity index (χ2v) is 13.8. The number of phenols is 1. The van der Waals surface area contributed by atoms with E-state index in [-0.39, 0.29) is 46.6 Å². The van der Waals surface area contributed by atoms with E-state index in [1.165, 1.54) is 24.4 Å². The predicted octanol–water partition coefficient (Wildman–Crippen LogP) is 5.65. The molecule has 4 saturated heterocycles. The zero-order valence-electron chi connectivity index (χ0n) is 24.9. The third-order valence-corrected chi connectivity index (χ3v) is 11.1. The van der Waals surface area contributed by atoms with Gasteiger partial charge in [0.2, 0.25) is 0 Å². The summed E-state index contributed by atoms with van der Waals surface area (Å²) in [6.45, 7) is 2.50. The number of nitrogens with zero attached hydrogens (tertiary/aromatic N) is 5. The molecular formula is C34H35F3N6O2. The van der Waals surface area contributed by atoms with E-state index in [4.69, 9.17) is 9.72 Å². The second kappa shape index (κ2) is 9.90. The van der Waals surface area contributed by atoms with Crippen LogP contribution < -0.4 is 15.0 Å². The summed E-state index contributed by atoms with van der Waals surface area (Å²) in [6, 6.07) is 7.86. The first-order valence-electron chi connectivity index (χ1n) is 16.2. The van der Waals surface area contributed by atoms with Gasteiger partial charge < -0.3 is 20.1 Å². The molecule has 0 radical (unpaired) electrons. The number of benzene rings is 2. The van der Waals surface area contributed by atoms with Gasteiger partial charge in [0.25, 0.3) is 0 Å². The average molecular weight is 617 g/mol. The monoisotopic (exact) mass is 616 g/mol. The fraction of sp³-hybridized carbons (Fsp3) is 0.500. The van der Waals surface area contributed by atoms with Gasteiger partial charge in [0.15, 0.2) is 5.82 Å². The normalized spacial score (nSPS) is 30.8. The number of nitrogens with one attached hydrogen (secondary N) is 1. The highest BCUT2D eigenvalue weighted by Crippen LogP contribution is 2.55. The van der Waals surface area contributed by atoms with Crippen molar-refractivity contribution < 1.29 is 23.0 Å². The van der Waals surface area contributed by atoms with Crippen LogP contribution in [-0.4, -0.2) is 80.5 Å². The van der Waals surface area contributed by atoms with Gasteiger partial charge in [0.1, 0.15) is 40.9 Å². The van der Waals surface area contributed by atoms with Crippen molar-refractivity contribution in [2.75, 3.05) is 31.1 Å². The van der Waals surface area contributed by atoms with Crippen molar-refractivity contribution in [3.8, 4) is 23.0 Å². The molecule has 5 fully saturated rings. The average Bonchev–Trinajstić information content (AvgIpc) is 3.74. The number of ether oxygens (including phenoxy) is 1. The Morgan fingerprint density at radius 1 is 1.04 bits per heavy atom. The molecule has 5 aliphatic rings. The van der Waals surface area contributed by atoms with Gasteiger partial charge in [-0.3, -0.25) is 9.88 Å². The number of rotatable bonds is 5. The number of pyridine rings is 1. The van der Waals surface area contributed by atoms with Crippen LogP contribution in [0.3, 0.4) is 0 Å². The lowest BCUT2D eigenvalue weighted by molar-refractivity contribution is 0.0811. The zero-order chi connectivity index (χ0) is 30.5. The molecule has 0 spiro atoms. The molecule has 8 nitrogen and oxygen atoms in total. The number of anilines is 1. The maximum atomic E-state index is 16.7. The van der Waals surface area contributed by atoms with E-state index in [9.17, 15) is 5.11 Å². The molecule has 2 aromatic heterocycles. The lowest BCUT2D eigenvalue weighted by Gasteiger charge is -2.35. The summed E-state index contributed by atoms with van der Waals surface area (Å²) in [5.74, 6) is -0.863. The summed E-state index contributed by atoms with van der Waals surface area (Å²) in [6.07, 6.45) is 8.29. The highest BCUT2D eigenvalue weighted by molar-refractivity contribution is 6.00. The van der Waals surface area contributed by atoms with Crippen LogP contribution in [0.2, 0.25) is 0 Å². The van der Waals surface area contributed by atoms with Crippen molar-refractivity contribution in [2.45, 2.75) is 80.7 Å². The lowest BCUT2D eigenvalue weighted by Crippen LogP contribution is -2.51. The third-order valence-electron chi connectivity index (χ3n) is 11.1. The van der Waals surface area contributed by atoms with E-state index in [1.54, 1.807) is 12.1 Å². The van der Waals surface area contributed by atoms with Gasteiger partial charge in [-0.15, -0.1) is 0 Å². The molecular weight excluding hydrogens is 581 g/mol. The maximum absolute atomic E-state index is 16.7. The van der Waals surface area contributed by atoms with Crippen LogP contribution in [0.5, 0.6) is 11.8 Å². The summed E-state index contributed by atoms with van der Waals surface area (Å²) < 4.78 is 54.1. The van der Waals surface area contributed by atoms with Gasteiger partial charge in [-0.25, -0.2) is 13.2 Å². The van der Waals surface area contributed by atoms with Crippen LogP contribution >= 0.6 is 0 Å². The summed E-state index contributed by atoms with van der Waals surface area (Å²) in [4.78, 5) is 18.4. The van der Waals surface area contributed by atoms with E-state index < -0.39 is 22.8 Å². The van der Waals surface area contributed by atoms with E-state index >= 15 is 13.2 Å². The van der Waals surface area contributed by atoms with Crippen molar-refractivity contribution in [1.82, 2.24) is 25.2 Å². The molecule has 4 aromatic rings. The molecule has 0 amide bonds. The number of phenolic OH excluding ortho intramolecular Hbond substituents is 1. The Morgan fingerprint density at radius 3 is 2.73 bits per heavy atom. The van der Waals surface area contributed by atoms with Crippen LogP contribution in [0.15, 0.2) is 36.5 Å². The van der Waals surface area contributed by atoms with Crippen molar-refractivity contribution in [3.63, 3.8) is 0 Å². The maximum Gasteiger partial charge on any atom is 0.319 e. The quantitative estimate of drug-likeness (QED) is 0.298. The van der Waals surface area contributed by atoms with Crippen LogP contribution in [0.1, 0.15) is 51.4 Å². The predicted molar refractivity (Wildman–Crippen MR) is 164 cm³/mol. The SMILES string of the molecule is Oc1cc(-c2ncc3c(N4CC5CCC(C4)N5)nc(OC[C@@]45CCCN4[C@@H]4CCC[C@]4(F)C5)nc3c2F)c2c(F)cccc2c1. The lowest BCUT2D eigenvalue weighted by atomic mass is 9.88. The highest BCUT2D eigenvalue weighted by Gasteiger charge is 2.63. The number of aromatic nitrogens is 3. The van der Waals surface area contributed by atoms with Crippen molar-refractivity contribution in [3.05, 3.63) is 48.2 Å². The van der Waals surface area contributed by atoms with Gasteiger partial charge in [-0.1, -0.05) is 12.1 Å². The van der Waals surface area contributed by atoms with Gasteiger partial charge in [-0.2, -0.15) is 9.97 Å². The number of piperazine rings is 1. The Morgan fingerprint density at radius 2 is 1.89 bits per heavy atom. The Balaban J connectivity index is 1.15. The fourth-order valence-corrected chi connectivity index (χ4v) is 9.28. The number of halogens is 3. The highest BCUT2D eigenvalue weighted by atomic mass is 19.1. The summed E-state index contributed by atoms with van der Waals surface area (Å²) in [7, 11) is 0. The van der Waals surface area contributed by atoms with Crippen molar-refractivity contribution in [1.29, 1.82) is 0 Å². The Kier molecular flexibility index (Phi) is 6.07. The van der Waals surface area contributed by atoms with Crippen LogP contribution in [0, 0.1) is 11.6 Å². The summed E-state index contributed by atoms with van der Waals surface area (Å²) in [5, 5.41) is 15.1. The summed E-state index contributed by atoms with van der Waals surface area (Å²) >= 11 is 0. The van der Waals surface area contributed by atoms with Crippen LogP contribution in [0.25, 0.3) is 32.9 Å². The molecule has 5 atom stereocenters. The van der Waals surface area contributed by atoms with Crippen LogP contribution in [0.4, 0.5) is 19.0 Å². The molecule has 234 valence electrons. The van der Waals surface area contributed by atoms with Gasteiger partial charge in [-0.05, 0) is 75.1 Å². The van der Waals surface area contributed by atoms with Gasteiger partial charge in [0, 0.05) is 54.8 Å². The molecule has 2 N–H and O–H groups in total. The molecule has 45 heavy (non-hydrogen) atoms. The van der Waals surface area contributed by atoms with E-state index in [2.05, 4.69) is 25.1 Å². The topological polar surface area (TPSA) is 86.6 Å². The van der Waals surface area contributed by atoms with Crippen LogP contribution in [-0.2, 0) is 0 Å². The van der Waals surface area contributed by atoms with Crippen molar-refractivity contribution >= 4 is 27.5 Å². The number of fused-ring (bicyclic) bond motifs is 7. The first-order chi connectivity index (χ1) is 21.8. The molecule has 6 heterocycles. The minimum Gasteiger partial charge on any atom is -0.508 e. The third kappa shape index (κ3) is 4.22. The van der Waals surface area contributed by atoms with E-state index in [1.807, 2.05) is 0 Å². The van der Waals surface area contributed by atoms with Gasteiger partial charge >= 0.3 is 6.01 Å². The summed E-state index contributed by atoms with van der Waals surface area (Å²) in [5.41, 5.74) is -1.58. The number of hydrogen-bond donors (Lipinski definition) is 2. The molecule has 9 rings (SSSR count). The van der Waals surface area contributed by atoms with E-state index in [0.29, 0.717) is 54.6 Å². The molecule has 2 unspecified atom stereocenters. The number of hydrogen-bond acceptors (Lipinski definition) is 8. The van der Waals surface area contributed by atoms with Crippen molar-refractivity contribution in [2.24, 2.45) is 0 Å². The number of aromatic hydroxyl groups is 1. The minimum absolute atomic E-state index is 0.0183. The molecule has 2 aromatic carbocycles. The van der Waals surface area contributed by atoms with E-state index in [0.717, 1.165) is 45.1 Å². The largest absolute Gasteiger partial charge is 0.508 e. The first-order valence-corrected chi connectivity index (χ1v) is 16.2. The molecule has 11 heteroatoms. The Hall–Kier alpha value is -3.70. The smallest absolute Gasteiger partial charge is 0.319 e. The molecule has 2 bridgehead atoms. The second-order valence-electron chi connectivity index (χ2n) is 13.8. The Labute approximate surface area is 258 Å². The molecule has 1 saturated carbocycles. The first kappa shape index (κ1) is 27.6. The number of alkyl halides is 1. The standard InChI is InChI=1S/C34H35F3N6O2/c35-25-5-1-4-19-12-22(44)13-23(27(19)25)29-28(36)30-24(14-38-29)31(42-15-20-7-8-21(16-42)39-20)41-32(40-30)45-18-33-9-3-11-43(33)26-6-2-10-34(26,37)17-33/h1,4-5,12-14,20-21,26,39,44H,2-3,6-11,15-18H2/t20?,21?,26-,33+,34+/m1/s1. The molecule has 1 aliphatic carbocycles.